The summed E-state index contributed by atoms with van der Waals surface area (Å²) in [5.74, 6) is -0.800. The molecule has 0 aliphatic carbocycles. The van der Waals surface area contributed by atoms with Crippen molar-refractivity contribution >= 4 is 28.5 Å². The first-order valence-corrected chi connectivity index (χ1v) is 10.3. The zero-order valence-corrected chi connectivity index (χ0v) is 18.0. The Balaban J connectivity index is 1.67. The normalized spacial score (nSPS) is 10.8. The van der Waals surface area contributed by atoms with E-state index >= 15 is 0 Å². The number of carboxylic acid groups (broad SMARTS) is 1. The van der Waals surface area contributed by atoms with Gasteiger partial charge in [0.2, 0.25) is 5.91 Å². The predicted octanol–water partition coefficient (Wildman–Crippen LogP) is 4.12. The number of hydrogen-bond acceptors (Lipinski definition) is 6. The average molecular weight is 445 g/mol. The lowest BCUT2D eigenvalue weighted by Crippen LogP contribution is -2.08. The number of aromatic nitrogens is 1. The summed E-state index contributed by atoms with van der Waals surface area (Å²) in [4.78, 5) is 26.9. The van der Waals surface area contributed by atoms with Crippen molar-refractivity contribution in [1.29, 1.82) is 0 Å². The predicted molar refractivity (Wildman–Crippen MR) is 124 cm³/mol. The topological polar surface area (TPSA) is 128 Å². The van der Waals surface area contributed by atoms with E-state index in [9.17, 15) is 14.7 Å². The fourth-order valence-electron chi connectivity index (χ4n) is 3.64. The highest BCUT2D eigenvalue weighted by molar-refractivity contribution is 5.93. The number of nitrogens with zero attached hydrogens (tertiary/aromatic N) is 1. The van der Waals surface area contributed by atoms with E-state index in [-0.39, 0.29) is 18.9 Å². The number of fused-ring (bicyclic) bond motifs is 1. The molecule has 2 aromatic heterocycles. The van der Waals surface area contributed by atoms with Crippen molar-refractivity contribution in [3.05, 3.63) is 77.8 Å². The molecule has 4 N–H and O–H groups in total. The summed E-state index contributed by atoms with van der Waals surface area (Å²) in [5.41, 5.74) is 11.0. The molecule has 168 valence electrons. The minimum absolute atomic E-state index is 0.194. The third-order valence-electron chi connectivity index (χ3n) is 5.07. The Hall–Kier alpha value is -4.17. The van der Waals surface area contributed by atoms with Crippen LogP contribution in [0.25, 0.3) is 22.1 Å². The number of carbonyl (C=O) groups is 2. The molecule has 0 bridgehead atoms. The molecule has 0 unspecified atom stereocenters. The molecule has 0 atom stereocenters. The van der Waals surface area contributed by atoms with Crippen LogP contribution in [0.15, 0.2) is 65.4 Å². The summed E-state index contributed by atoms with van der Waals surface area (Å²) >= 11 is 0. The highest BCUT2D eigenvalue weighted by atomic mass is 16.5. The van der Waals surface area contributed by atoms with Gasteiger partial charge >= 0.3 is 5.97 Å². The number of furan rings is 1. The fourth-order valence-corrected chi connectivity index (χ4v) is 3.64. The van der Waals surface area contributed by atoms with Gasteiger partial charge in [-0.25, -0.2) is 0 Å². The minimum Gasteiger partial charge on any atom is -0.489 e. The van der Waals surface area contributed by atoms with Gasteiger partial charge in [-0.05, 0) is 47.5 Å². The summed E-state index contributed by atoms with van der Waals surface area (Å²) in [6.07, 6.45) is 3.15. The molecule has 0 spiro atoms. The van der Waals surface area contributed by atoms with Gasteiger partial charge in [0.15, 0.2) is 0 Å². The molecule has 4 aromatic rings. The fraction of sp³-hybridized carbons (Fsp3) is 0.160. The van der Waals surface area contributed by atoms with Crippen molar-refractivity contribution in [2.24, 2.45) is 5.73 Å². The Labute approximate surface area is 190 Å². The molecule has 33 heavy (non-hydrogen) atoms. The lowest BCUT2D eigenvalue weighted by molar-refractivity contribution is -0.136. The lowest BCUT2D eigenvalue weighted by Gasteiger charge is -2.14. The molecule has 2 heterocycles. The zero-order valence-electron chi connectivity index (χ0n) is 18.0. The van der Waals surface area contributed by atoms with Crippen LogP contribution >= 0.6 is 0 Å². The Morgan fingerprint density at radius 1 is 1.15 bits per heavy atom. The number of nitrogens with one attached hydrogen (secondary N) is 1. The van der Waals surface area contributed by atoms with Gasteiger partial charge in [0.05, 0.1) is 18.4 Å². The van der Waals surface area contributed by atoms with Crippen LogP contribution in [0.3, 0.4) is 0 Å². The van der Waals surface area contributed by atoms with Gasteiger partial charge < -0.3 is 25.3 Å². The number of rotatable bonds is 8. The number of carboxylic acids is 1. The van der Waals surface area contributed by atoms with Crippen molar-refractivity contribution < 1.29 is 23.8 Å². The van der Waals surface area contributed by atoms with E-state index in [1.165, 1.54) is 6.92 Å². The number of pyridine rings is 1. The summed E-state index contributed by atoms with van der Waals surface area (Å²) in [6.45, 7) is 1.93. The molecule has 2 aromatic carbocycles. The van der Waals surface area contributed by atoms with Gasteiger partial charge in [-0.2, -0.15) is 0 Å². The summed E-state index contributed by atoms with van der Waals surface area (Å²) in [5, 5.41) is 12.8. The molecule has 0 saturated carbocycles. The lowest BCUT2D eigenvalue weighted by atomic mass is 10.0. The number of hydrogen-bond donors (Lipinski definition) is 3. The monoisotopic (exact) mass is 445 g/mol. The molecule has 8 heteroatoms. The molecule has 8 nitrogen and oxygen atoms in total. The second kappa shape index (κ2) is 9.54. The van der Waals surface area contributed by atoms with Crippen LogP contribution in [0.1, 0.15) is 23.7 Å². The quantitative estimate of drug-likeness (QED) is 0.372. The van der Waals surface area contributed by atoms with Gasteiger partial charge in [0.25, 0.3) is 0 Å². The van der Waals surface area contributed by atoms with Crippen LogP contribution in [-0.2, 0) is 29.2 Å². The standard InChI is InChI=1S/C25H23N3O5/c1-15(29)28-20-3-2-18(11-24(30)31)23(12-20)33-14-16-8-19-5-7-32-25(19)22(9-16)17-4-6-27-21(10-17)13-26/h2-10,12H,11,13-14,26H2,1H3,(H,28,29)(H,30,31). The third-order valence-corrected chi connectivity index (χ3v) is 5.07. The van der Waals surface area contributed by atoms with E-state index in [1.807, 2.05) is 30.3 Å². The molecule has 0 aliphatic rings. The maximum Gasteiger partial charge on any atom is 0.307 e. The molecular formula is C25H23N3O5. The van der Waals surface area contributed by atoms with E-state index in [2.05, 4.69) is 10.3 Å². The Morgan fingerprint density at radius 2 is 2.00 bits per heavy atom. The molecule has 1 amide bonds. The summed E-state index contributed by atoms with van der Waals surface area (Å²) < 4.78 is 11.7. The van der Waals surface area contributed by atoms with Gasteiger partial charge in [-0.3, -0.25) is 14.6 Å². The van der Waals surface area contributed by atoms with Gasteiger partial charge in [-0.1, -0.05) is 6.07 Å². The van der Waals surface area contributed by atoms with Crippen LogP contribution in [0.2, 0.25) is 0 Å². The Kier molecular flexibility index (Phi) is 6.37. The number of nitrogens with two attached hydrogens (primary N) is 1. The highest BCUT2D eigenvalue weighted by Crippen LogP contribution is 2.32. The average Bonchev–Trinajstić information content (AvgIpc) is 3.26. The van der Waals surface area contributed by atoms with Crippen LogP contribution in [-0.4, -0.2) is 22.0 Å². The van der Waals surface area contributed by atoms with E-state index < -0.39 is 5.97 Å². The molecule has 4 rings (SSSR count). The number of amides is 1. The highest BCUT2D eigenvalue weighted by Gasteiger charge is 2.13. The van der Waals surface area contributed by atoms with Crippen LogP contribution < -0.4 is 15.8 Å². The molecule has 0 radical (unpaired) electrons. The van der Waals surface area contributed by atoms with Crippen molar-refractivity contribution in [2.75, 3.05) is 5.32 Å². The van der Waals surface area contributed by atoms with Crippen molar-refractivity contribution in [1.82, 2.24) is 4.98 Å². The number of ether oxygens (including phenoxy) is 1. The number of benzene rings is 2. The van der Waals surface area contributed by atoms with Crippen LogP contribution in [0.4, 0.5) is 5.69 Å². The second-order valence-electron chi connectivity index (χ2n) is 7.59. The van der Waals surface area contributed by atoms with Gasteiger partial charge in [0.1, 0.15) is 17.9 Å². The van der Waals surface area contributed by atoms with E-state index in [0.717, 1.165) is 33.4 Å². The summed E-state index contributed by atoms with van der Waals surface area (Å²) in [7, 11) is 0. The van der Waals surface area contributed by atoms with Crippen molar-refractivity contribution in [3.8, 4) is 16.9 Å². The first-order chi connectivity index (χ1) is 15.9. The SMILES string of the molecule is CC(=O)Nc1ccc(CC(=O)O)c(OCc2cc(-c3ccnc(CN)c3)c3occc3c2)c1. The zero-order chi connectivity index (χ0) is 23.4. The second-order valence-corrected chi connectivity index (χ2v) is 7.59. The van der Waals surface area contributed by atoms with Crippen LogP contribution in [0.5, 0.6) is 5.75 Å². The molecule has 0 aliphatic heterocycles. The number of anilines is 1. The Bertz CT molecular complexity index is 1330. The van der Waals surface area contributed by atoms with E-state index in [4.69, 9.17) is 14.9 Å². The van der Waals surface area contributed by atoms with E-state index in [1.54, 1.807) is 30.7 Å². The van der Waals surface area contributed by atoms with Crippen LogP contribution in [0, 0.1) is 0 Å². The third kappa shape index (κ3) is 5.19. The molecule has 0 fully saturated rings. The Morgan fingerprint density at radius 3 is 2.76 bits per heavy atom. The van der Waals surface area contributed by atoms with Crippen molar-refractivity contribution in [2.45, 2.75) is 26.5 Å². The maximum atomic E-state index is 11.4. The summed E-state index contributed by atoms with van der Waals surface area (Å²) in [6, 6.07) is 14.5. The number of carbonyl (C=O) groups excluding carboxylic acids is 1. The first kappa shape index (κ1) is 22.0. The van der Waals surface area contributed by atoms with Gasteiger partial charge in [0, 0.05) is 47.9 Å². The maximum absolute atomic E-state index is 11.4. The first-order valence-electron chi connectivity index (χ1n) is 10.3. The molecule has 0 saturated heterocycles. The van der Waals surface area contributed by atoms with E-state index in [0.29, 0.717) is 23.5 Å². The molecular weight excluding hydrogens is 422 g/mol. The van der Waals surface area contributed by atoms with Crippen molar-refractivity contribution in [3.63, 3.8) is 0 Å². The smallest absolute Gasteiger partial charge is 0.307 e. The van der Waals surface area contributed by atoms with Gasteiger partial charge in [-0.15, -0.1) is 0 Å². The minimum atomic E-state index is -0.970. The largest absolute Gasteiger partial charge is 0.489 e. The number of aliphatic carboxylic acids is 1.